The summed E-state index contributed by atoms with van der Waals surface area (Å²) in [5, 5.41) is 13.0. The Kier molecular flexibility index (Phi) is 4.04. The van der Waals surface area contributed by atoms with Crippen molar-refractivity contribution >= 4 is 23.3 Å². The largest absolute Gasteiger partial charge is 0.476 e. The monoisotopic (exact) mass is 321 g/mol. The molecule has 2 heterocycles. The second-order valence-electron chi connectivity index (χ2n) is 5.34. The van der Waals surface area contributed by atoms with Crippen LogP contribution in [0, 0.1) is 0 Å². The van der Waals surface area contributed by atoms with E-state index < -0.39 is 5.97 Å². The molecule has 116 valence electrons. The highest BCUT2D eigenvalue weighted by Crippen LogP contribution is 2.32. The Labute approximate surface area is 132 Å². The van der Waals surface area contributed by atoms with E-state index in [1.807, 2.05) is 12.1 Å². The number of hydrogen-bond donors (Lipinski definition) is 1. The van der Waals surface area contributed by atoms with E-state index in [-0.39, 0.29) is 5.69 Å². The molecule has 0 atom stereocenters. The van der Waals surface area contributed by atoms with Gasteiger partial charge in [-0.05, 0) is 25.2 Å². The van der Waals surface area contributed by atoms with Crippen LogP contribution in [0.4, 0.5) is 5.69 Å². The first-order valence-electron chi connectivity index (χ1n) is 6.98. The molecule has 2 aromatic rings. The lowest BCUT2D eigenvalue weighted by Gasteiger charge is -2.34. The van der Waals surface area contributed by atoms with Crippen molar-refractivity contribution in [3.05, 3.63) is 35.0 Å². The number of likely N-dealkylation sites (N-methyl/N-ethyl adjacent to an activating group) is 1. The summed E-state index contributed by atoms with van der Waals surface area (Å²) >= 11 is 6.38. The number of carboxylic acids is 1. The van der Waals surface area contributed by atoms with Gasteiger partial charge >= 0.3 is 5.97 Å². The first kappa shape index (κ1) is 14.9. The van der Waals surface area contributed by atoms with Crippen molar-refractivity contribution in [2.45, 2.75) is 0 Å². The van der Waals surface area contributed by atoms with Gasteiger partial charge in [-0.2, -0.15) is 0 Å². The Hall–Kier alpha value is -2.05. The number of benzene rings is 1. The highest BCUT2D eigenvalue weighted by molar-refractivity contribution is 6.33. The first-order chi connectivity index (χ1) is 10.5. The topological polar surface area (TPSA) is 69.8 Å². The molecule has 0 saturated carbocycles. The fourth-order valence-corrected chi connectivity index (χ4v) is 2.78. The van der Waals surface area contributed by atoms with Crippen molar-refractivity contribution in [1.29, 1.82) is 0 Å². The minimum Gasteiger partial charge on any atom is -0.476 e. The van der Waals surface area contributed by atoms with Crippen molar-refractivity contribution in [3.63, 3.8) is 0 Å². The fraction of sp³-hybridized carbons (Fsp3) is 0.333. The molecule has 0 radical (unpaired) electrons. The molecule has 1 aliphatic heterocycles. The van der Waals surface area contributed by atoms with Gasteiger partial charge in [0.15, 0.2) is 11.5 Å². The number of carbonyl (C=O) groups is 1. The number of anilines is 1. The number of carboxylic acid groups (broad SMARTS) is 1. The number of piperazine rings is 1. The van der Waals surface area contributed by atoms with Gasteiger partial charge in [0.25, 0.3) is 0 Å². The van der Waals surface area contributed by atoms with Crippen LogP contribution in [0.1, 0.15) is 10.5 Å². The number of rotatable bonds is 3. The van der Waals surface area contributed by atoms with Gasteiger partial charge in [-0.3, -0.25) is 0 Å². The van der Waals surface area contributed by atoms with Crippen molar-refractivity contribution < 1.29 is 14.4 Å². The van der Waals surface area contributed by atoms with E-state index in [0.29, 0.717) is 16.3 Å². The third-order valence-corrected chi connectivity index (χ3v) is 4.11. The zero-order valence-electron chi connectivity index (χ0n) is 12.1. The second-order valence-corrected chi connectivity index (χ2v) is 5.75. The van der Waals surface area contributed by atoms with Gasteiger partial charge in [0.05, 0.1) is 10.7 Å². The summed E-state index contributed by atoms with van der Waals surface area (Å²) < 4.78 is 5.06. The van der Waals surface area contributed by atoms with Gasteiger partial charge < -0.3 is 19.4 Å². The van der Waals surface area contributed by atoms with Gasteiger partial charge in [0.2, 0.25) is 0 Å². The number of halogens is 1. The predicted molar refractivity (Wildman–Crippen MR) is 83.6 cm³/mol. The zero-order valence-corrected chi connectivity index (χ0v) is 12.9. The Bertz CT molecular complexity index is 693. The molecule has 0 unspecified atom stereocenters. The molecular weight excluding hydrogens is 306 g/mol. The standard InChI is InChI=1S/C15H16ClN3O3/c1-18-4-6-19(7-5-18)13-3-2-10(8-11(13)16)14-9-12(15(20)21)17-22-14/h2-3,8-9H,4-7H2,1H3,(H,20,21). The van der Waals surface area contributed by atoms with Gasteiger partial charge in [0.1, 0.15) is 0 Å². The third kappa shape index (κ3) is 2.93. The minimum atomic E-state index is -1.12. The Balaban J connectivity index is 1.83. The lowest BCUT2D eigenvalue weighted by atomic mass is 10.1. The zero-order chi connectivity index (χ0) is 15.7. The van der Waals surface area contributed by atoms with Crippen LogP contribution < -0.4 is 4.90 Å². The molecule has 1 aliphatic rings. The average Bonchev–Trinajstić information content (AvgIpc) is 2.98. The van der Waals surface area contributed by atoms with E-state index in [1.165, 1.54) is 6.07 Å². The SMILES string of the molecule is CN1CCN(c2ccc(-c3cc(C(=O)O)no3)cc2Cl)CC1. The van der Waals surface area contributed by atoms with Crippen LogP contribution >= 0.6 is 11.6 Å². The highest BCUT2D eigenvalue weighted by Gasteiger charge is 2.18. The van der Waals surface area contributed by atoms with Gasteiger partial charge in [-0.1, -0.05) is 16.8 Å². The molecule has 1 N–H and O–H groups in total. The summed E-state index contributed by atoms with van der Waals surface area (Å²) in [7, 11) is 2.10. The van der Waals surface area contributed by atoms with Crippen LogP contribution in [0.5, 0.6) is 0 Å². The molecule has 22 heavy (non-hydrogen) atoms. The maximum atomic E-state index is 10.8. The van der Waals surface area contributed by atoms with Crippen LogP contribution in [0.2, 0.25) is 5.02 Å². The quantitative estimate of drug-likeness (QED) is 0.936. The number of hydrogen-bond acceptors (Lipinski definition) is 5. The van der Waals surface area contributed by atoms with Crippen molar-refractivity contribution in [1.82, 2.24) is 10.1 Å². The fourth-order valence-electron chi connectivity index (χ4n) is 2.48. The molecule has 0 bridgehead atoms. The van der Waals surface area contributed by atoms with E-state index >= 15 is 0 Å². The van der Waals surface area contributed by atoms with Crippen molar-refractivity contribution in [3.8, 4) is 11.3 Å². The van der Waals surface area contributed by atoms with Gasteiger partial charge in [0, 0.05) is 37.8 Å². The van der Waals surface area contributed by atoms with E-state index in [9.17, 15) is 4.79 Å². The lowest BCUT2D eigenvalue weighted by molar-refractivity contribution is 0.0686. The molecular formula is C15H16ClN3O3. The summed E-state index contributed by atoms with van der Waals surface area (Å²) in [4.78, 5) is 15.4. The molecule has 7 heteroatoms. The summed E-state index contributed by atoms with van der Waals surface area (Å²) in [6.07, 6.45) is 0. The maximum absolute atomic E-state index is 10.8. The van der Waals surface area contributed by atoms with Gasteiger partial charge in [-0.15, -0.1) is 0 Å². The maximum Gasteiger partial charge on any atom is 0.358 e. The van der Waals surface area contributed by atoms with Gasteiger partial charge in [-0.25, -0.2) is 4.79 Å². The molecule has 3 rings (SSSR count). The van der Waals surface area contributed by atoms with Crippen LogP contribution in [0.15, 0.2) is 28.8 Å². The van der Waals surface area contributed by atoms with Crippen LogP contribution in [-0.4, -0.2) is 54.4 Å². The summed E-state index contributed by atoms with van der Waals surface area (Å²) in [6.45, 7) is 3.87. The molecule has 1 fully saturated rings. The van der Waals surface area contributed by atoms with E-state index in [0.717, 1.165) is 31.9 Å². The van der Waals surface area contributed by atoms with Crippen LogP contribution in [0.3, 0.4) is 0 Å². The number of aromatic carboxylic acids is 1. The second kappa shape index (κ2) is 5.98. The minimum absolute atomic E-state index is 0.116. The molecule has 0 spiro atoms. The third-order valence-electron chi connectivity index (χ3n) is 3.81. The molecule has 1 aromatic carbocycles. The molecule has 1 aromatic heterocycles. The Morgan fingerprint density at radius 1 is 1.27 bits per heavy atom. The predicted octanol–water partition coefficient (Wildman–Crippen LogP) is 2.45. The number of nitrogens with zero attached hydrogens (tertiary/aromatic N) is 3. The summed E-state index contributed by atoms with van der Waals surface area (Å²) in [6, 6.07) is 6.97. The van der Waals surface area contributed by atoms with Crippen LogP contribution in [0.25, 0.3) is 11.3 Å². The summed E-state index contributed by atoms with van der Waals surface area (Å²) in [5.41, 5.74) is 1.58. The van der Waals surface area contributed by atoms with E-state index in [4.69, 9.17) is 21.2 Å². The summed E-state index contributed by atoms with van der Waals surface area (Å²) in [5.74, 6) is -0.723. The molecule has 1 saturated heterocycles. The highest BCUT2D eigenvalue weighted by atomic mass is 35.5. The molecule has 6 nitrogen and oxygen atoms in total. The molecule has 0 aliphatic carbocycles. The van der Waals surface area contributed by atoms with Crippen LogP contribution in [-0.2, 0) is 0 Å². The lowest BCUT2D eigenvalue weighted by Crippen LogP contribution is -2.44. The average molecular weight is 322 g/mol. The first-order valence-corrected chi connectivity index (χ1v) is 7.36. The Morgan fingerprint density at radius 2 is 2.00 bits per heavy atom. The normalized spacial score (nSPS) is 16.0. The number of aromatic nitrogens is 1. The van der Waals surface area contributed by atoms with E-state index in [1.54, 1.807) is 6.07 Å². The van der Waals surface area contributed by atoms with Crippen molar-refractivity contribution in [2.75, 3.05) is 38.1 Å². The van der Waals surface area contributed by atoms with E-state index in [2.05, 4.69) is 22.0 Å². The van der Waals surface area contributed by atoms with Crippen molar-refractivity contribution in [2.24, 2.45) is 0 Å². The smallest absolute Gasteiger partial charge is 0.358 e. The Morgan fingerprint density at radius 3 is 2.59 bits per heavy atom. The molecule has 0 amide bonds.